The maximum Gasteiger partial charge on any atom is 0.130 e. The molecule has 1 atom stereocenters. The minimum absolute atomic E-state index is 0.0629. The normalized spacial score (nSPS) is 12.6. The van der Waals surface area contributed by atoms with E-state index in [1.807, 2.05) is 13.8 Å². The Hall–Kier alpha value is -1.61. The molecule has 0 spiro atoms. The summed E-state index contributed by atoms with van der Waals surface area (Å²) < 4.78 is 8.49. The Morgan fingerprint density at radius 3 is 3.19 bits per heavy atom. The second kappa shape index (κ2) is 6.02. The lowest BCUT2D eigenvalue weighted by Gasteiger charge is -2.15. The van der Waals surface area contributed by atoms with Gasteiger partial charge in [-0.2, -0.15) is 0 Å². The SMILES string of the molecule is C#CCNCC(C)Oc1cc2sc(C)nc2c2sccc12. The average Bonchev–Trinajstić information content (AvgIpc) is 3.04. The van der Waals surface area contributed by atoms with E-state index in [1.165, 1.54) is 9.40 Å². The van der Waals surface area contributed by atoms with Gasteiger partial charge in [0.25, 0.3) is 0 Å². The Morgan fingerprint density at radius 1 is 1.52 bits per heavy atom. The van der Waals surface area contributed by atoms with Crippen molar-refractivity contribution in [2.45, 2.75) is 20.0 Å². The quantitative estimate of drug-likeness (QED) is 0.574. The number of ether oxygens (including phenoxy) is 1. The van der Waals surface area contributed by atoms with E-state index in [1.54, 1.807) is 22.7 Å². The van der Waals surface area contributed by atoms with Crippen molar-refractivity contribution >= 4 is 43.0 Å². The van der Waals surface area contributed by atoms with Crippen LogP contribution in [0.2, 0.25) is 0 Å². The van der Waals surface area contributed by atoms with E-state index in [2.05, 4.69) is 33.7 Å². The molecule has 1 N–H and O–H groups in total. The van der Waals surface area contributed by atoms with E-state index in [0.717, 1.165) is 28.2 Å². The largest absolute Gasteiger partial charge is 0.489 e. The molecule has 0 aliphatic heterocycles. The third-order valence-corrected chi connectivity index (χ3v) is 4.99. The standard InChI is InChI=1S/C16H16N2OS2/c1-4-6-17-9-10(2)19-13-8-14-15(18-11(3)21-14)16-12(13)5-7-20-16/h1,5,7-8,10,17H,6,9H2,2-3H3. The topological polar surface area (TPSA) is 34.1 Å². The molecule has 0 saturated heterocycles. The van der Waals surface area contributed by atoms with Gasteiger partial charge in [-0.3, -0.25) is 0 Å². The average molecular weight is 316 g/mol. The van der Waals surface area contributed by atoms with Crippen LogP contribution in [0, 0.1) is 19.3 Å². The van der Waals surface area contributed by atoms with Crippen LogP contribution in [0.3, 0.4) is 0 Å². The molecule has 0 saturated carbocycles. The number of nitrogens with one attached hydrogen (secondary N) is 1. The van der Waals surface area contributed by atoms with E-state index in [-0.39, 0.29) is 6.10 Å². The predicted molar refractivity (Wildman–Crippen MR) is 91.5 cm³/mol. The molecule has 0 bridgehead atoms. The lowest BCUT2D eigenvalue weighted by molar-refractivity contribution is 0.222. The second-order valence-electron chi connectivity index (χ2n) is 4.88. The van der Waals surface area contributed by atoms with Gasteiger partial charge in [0.05, 0.1) is 26.5 Å². The third kappa shape index (κ3) is 2.88. The number of hydrogen-bond donors (Lipinski definition) is 1. The maximum atomic E-state index is 6.10. The highest BCUT2D eigenvalue weighted by molar-refractivity contribution is 7.21. The van der Waals surface area contributed by atoms with Crippen LogP contribution in [0.1, 0.15) is 11.9 Å². The minimum Gasteiger partial charge on any atom is -0.489 e. The summed E-state index contributed by atoms with van der Waals surface area (Å²) in [5.41, 5.74) is 1.09. The van der Waals surface area contributed by atoms with Crippen LogP contribution < -0.4 is 10.1 Å². The third-order valence-electron chi connectivity index (χ3n) is 3.16. The van der Waals surface area contributed by atoms with Gasteiger partial charge in [0, 0.05) is 18.0 Å². The highest BCUT2D eigenvalue weighted by atomic mass is 32.1. The number of fused-ring (bicyclic) bond motifs is 3. The summed E-state index contributed by atoms with van der Waals surface area (Å²) in [6.07, 6.45) is 5.30. The molecule has 0 aliphatic rings. The molecule has 2 aromatic heterocycles. The number of nitrogens with zero attached hydrogens (tertiary/aromatic N) is 1. The van der Waals surface area contributed by atoms with Crippen LogP contribution in [0.5, 0.6) is 5.75 Å². The molecule has 3 aromatic rings. The Labute approximate surface area is 132 Å². The second-order valence-corrected chi connectivity index (χ2v) is 7.03. The lowest BCUT2D eigenvalue weighted by Crippen LogP contribution is -2.29. The lowest BCUT2D eigenvalue weighted by atomic mass is 10.2. The molecule has 2 heterocycles. The molecule has 108 valence electrons. The number of aromatic nitrogens is 1. The Balaban J connectivity index is 1.93. The number of thiophene rings is 1. The first-order valence-electron chi connectivity index (χ1n) is 6.77. The van der Waals surface area contributed by atoms with E-state index >= 15 is 0 Å². The van der Waals surface area contributed by atoms with Crippen LogP contribution in [0.15, 0.2) is 17.5 Å². The van der Waals surface area contributed by atoms with Gasteiger partial charge in [-0.15, -0.1) is 29.1 Å². The summed E-state index contributed by atoms with van der Waals surface area (Å²) in [6.45, 7) is 5.38. The predicted octanol–water partition coefficient (Wildman–Crippen LogP) is 3.81. The van der Waals surface area contributed by atoms with Crippen molar-refractivity contribution in [3.05, 3.63) is 22.5 Å². The van der Waals surface area contributed by atoms with Crippen LogP contribution in [0.25, 0.3) is 20.3 Å². The Bertz CT molecular complexity index is 813. The number of benzene rings is 1. The van der Waals surface area contributed by atoms with Crippen molar-refractivity contribution < 1.29 is 4.74 Å². The molecule has 3 rings (SSSR count). The van der Waals surface area contributed by atoms with Gasteiger partial charge >= 0.3 is 0 Å². The summed E-state index contributed by atoms with van der Waals surface area (Å²) in [4.78, 5) is 4.63. The monoisotopic (exact) mass is 316 g/mol. The van der Waals surface area contributed by atoms with E-state index in [4.69, 9.17) is 11.2 Å². The van der Waals surface area contributed by atoms with Crippen molar-refractivity contribution in [1.29, 1.82) is 0 Å². The molecular weight excluding hydrogens is 300 g/mol. The minimum atomic E-state index is 0.0629. The van der Waals surface area contributed by atoms with E-state index in [9.17, 15) is 0 Å². The molecule has 0 fully saturated rings. The van der Waals surface area contributed by atoms with E-state index in [0.29, 0.717) is 6.54 Å². The van der Waals surface area contributed by atoms with E-state index < -0.39 is 0 Å². The fourth-order valence-corrected chi connectivity index (χ4v) is 4.12. The number of terminal acetylenes is 1. The molecule has 0 radical (unpaired) electrons. The molecule has 21 heavy (non-hydrogen) atoms. The smallest absolute Gasteiger partial charge is 0.130 e. The Morgan fingerprint density at radius 2 is 2.38 bits per heavy atom. The summed E-state index contributed by atoms with van der Waals surface area (Å²) in [5.74, 6) is 3.50. The van der Waals surface area contributed by atoms with Crippen molar-refractivity contribution in [2.75, 3.05) is 13.1 Å². The zero-order valence-corrected chi connectivity index (χ0v) is 13.6. The molecule has 1 unspecified atom stereocenters. The van der Waals surface area contributed by atoms with Gasteiger partial charge in [-0.1, -0.05) is 5.92 Å². The molecular formula is C16H16N2OS2. The first-order chi connectivity index (χ1) is 10.2. The highest BCUT2D eigenvalue weighted by Gasteiger charge is 2.14. The highest BCUT2D eigenvalue weighted by Crippen LogP contribution is 2.39. The molecule has 3 nitrogen and oxygen atoms in total. The van der Waals surface area contributed by atoms with Crippen molar-refractivity contribution in [1.82, 2.24) is 10.3 Å². The molecule has 5 heteroatoms. The molecule has 0 aliphatic carbocycles. The zero-order valence-electron chi connectivity index (χ0n) is 12.0. The van der Waals surface area contributed by atoms with Gasteiger partial charge < -0.3 is 10.1 Å². The molecule has 1 aromatic carbocycles. The van der Waals surface area contributed by atoms with Crippen LogP contribution in [0.4, 0.5) is 0 Å². The first-order valence-corrected chi connectivity index (χ1v) is 8.47. The van der Waals surface area contributed by atoms with Crippen LogP contribution in [-0.4, -0.2) is 24.2 Å². The fourth-order valence-electron chi connectivity index (χ4n) is 2.29. The van der Waals surface area contributed by atoms with Gasteiger partial charge in [0.1, 0.15) is 11.9 Å². The summed E-state index contributed by atoms with van der Waals surface area (Å²) in [6, 6.07) is 4.21. The van der Waals surface area contributed by atoms with Crippen molar-refractivity contribution in [2.24, 2.45) is 0 Å². The number of hydrogen-bond acceptors (Lipinski definition) is 5. The zero-order chi connectivity index (χ0) is 14.8. The summed E-state index contributed by atoms with van der Waals surface area (Å²) in [7, 11) is 0. The van der Waals surface area contributed by atoms with Gasteiger partial charge in [-0.05, 0) is 25.3 Å². The van der Waals surface area contributed by atoms with Gasteiger partial charge in [-0.25, -0.2) is 4.98 Å². The number of thiazole rings is 1. The first kappa shape index (κ1) is 14.3. The fraction of sp³-hybridized carbons (Fsp3) is 0.312. The number of rotatable bonds is 5. The van der Waals surface area contributed by atoms with Crippen LogP contribution >= 0.6 is 22.7 Å². The van der Waals surface area contributed by atoms with Gasteiger partial charge in [0.2, 0.25) is 0 Å². The van der Waals surface area contributed by atoms with Crippen molar-refractivity contribution in [3.63, 3.8) is 0 Å². The van der Waals surface area contributed by atoms with Gasteiger partial charge in [0.15, 0.2) is 0 Å². The maximum absolute atomic E-state index is 6.10. The Kier molecular flexibility index (Phi) is 4.11. The number of aryl methyl sites for hydroxylation is 1. The summed E-state index contributed by atoms with van der Waals surface area (Å²) >= 11 is 3.42. The van der Waals surface area contributed by atoms with Crippen LogP contribution in [-0.2, 0) is 0 Å². The van der Waals surface area contributed by atoms with Crippen molar-refractivity contribution in [3.8, 4) is 18.1 Å². The molecule has 0 amide bonds. The summed E-state index contributed by atoms with van der Waals surface area (Å²) in [5, 5.41) is 7.48.